The van der Waals surface area contributed by atoms with E-state index in [1.807, 2.05) is 29.8 Å². The molecule has 5 nitrogen and oxygen atoms in total. The molecule has 0 aliphatic carbocycles. The molecule has 3 heterocycles. The predicted octanol–water partition coefficient (Wildman–Crippen LogP) is 3.22. The van der Waals surface area contributed by atoms with Gasteiger partial charge in [0.1, 0.15) is 0 Å². The number of nitrogens with one attached hydrogen (secondary N) is 1. The molecule has 0 bridgehead atoms. The van der Waals surface area contributed by atoms with Crippen LogP contribution in [-0.2, 0) is 0 Å². The van der Waals surface area contributed by atoms with E-state index < -0.39 is 0 Å². The maximum absolute atomic E-state index is 4.73. The lowest BCUT2D eigenvalue weighted by Gasteiger charge is -2.28. The fourth-order valence-corrected chi connectivity index (χ4v) is 4.08. The SMILES string of the molecule is [CH]1C=CN=C(NCCN2CCCCC2)N1c1nc2ccccc2s1. The van der Waals surface area contributed by atoms with Crippen molar-refractivity contribution in [2.24, 2.45) is 4.99 Å². The first-order chi connectivity index (χ1) is 11.9. The molecule has 24 heavy (non-hydrogen) atoms. The number of likely N-dealkylation sites (tertiary alicyclic amines) is 1. The quantitative estimate of drug-likeness (QED) is 0.928. The molecule has 2 aliphatic rings. The Morgan fingerprint density at radius 1 is 1.12 bits per heavy atom. The smallest absolute Gasteiger partial charge is 0.205 e. The van der Waals surface area contributed by atoms with Gasteiger partial charge in [-0.3, -0.25) is 4.90 Å². The molecule has 6 heteroatoms. The first-order valence-corrected chi connectivity index (χ1v) is 9.41. The number of benzene rings is 1. The number of aromatic nitrogens is 1. The first kappa shape index (κ1) is 15.6. The number of guanidine groups is 1. The van der Waals surface area contributed by atoms with Crippen molar-refractivity contribution in [1.82, 2.24) is 15.2 Å². The lowest BCUT2D eigenvalue weighted by Crippen LogP contribution is -2.44. The summed E-state index contributed by atoms with van der Waals surface area (Å²) in [6.07, 6.45) is 7.81. The summed E-state index contributed by atoms with van der Waals surface area (Å²) < 4.78 is 1.20. The number of rotatable bonds is 4. The van der Waals surface area contributed by atoms with Crippen LogP contribution >= 0.6 is 11.3 Å². The average molecular weight is 340 g/mol. The van der Waals surface area contributed by atoms with E-state index in [9.17, 15) is 0 Å². The largest absolute Gasteiger partial charge is 0.354 e. The van der Waals surface area contributed by atoms with Gasteiger partial charge in [0, 0.05) is 19.3 Å². The van der Waals surface area contributed by atoms with Crippen molar-refractivity contribution < 1.29 is 0 Å². The molecule has 1 N–H and O–H groups in total. The van der Waals surface area contributed by atoms with Gasteiger partial charge in [0.05, 0.1) is 16.8 Å². The first-order valence-electron chi connectivity index (χ1n) is 8.59. The molecular weight excluding hydrogens is 318 g/mol. The summed E-state index contributed by atoms with van der Waals surface area (Å²) in [6, 6.07) is 8.24. The molecule has 0 saturated carbocycles. The summed E-state index contributed by atoms with van der Waals surface area (Å²) in [4.78, 5) is 13.8. The van der Waals surface area contributed by atoms with Crippen LogP contribution in [0, 0.1) is 6.54 Å². The van der Waals surface area contributed by atoms with Crippen molar-refractivity contribution in [1.29, 1.82) is 0 Å². The highest BCUT2D eigenvalue weighted by Crippen LogP contribution is 2.30. The molecular formula is C18H22N5S. The van der Waals surface area contributed by atoms with Crippen LogP contribution in [0.2, 0.25) is 0 Å². The lowest BCUT2D eigenvalue weighted by molar-refractivity contribution is 0.232. The van der Waals surface area contributed by atoms with Gasteiger partial charge in [0.25, 0.3) is 0 Å². The third-order valence-corrected chi connectivity index (χ3v) is 5.43. The molecule has 1 aromatic heterocycles. The number of hydrogen-bond donors (Lipinski definition) is 1. The second-order valence-electron chi connectivity index (χ2n) is 6.11. The van der Waals surface area contributed by atoms with E-state index in [4.69, 9.17) is 4.98 Å². The van der Waals surface area contributed by atoms with Gasteiger partial charge >= 0.3 is 0 Å². The fourth-order valence-electron chi connectivity index (χ4n) is 3.13. The second-order valence-corrected chi connectivity index (χ2v) is 7.12. The number of anilines is 1. The summed E-state index contributed by atoms with van der Waals surface area (Å²) in [5.41, 5.74) is 1.04. The van der Waals surface area contributed by atoms with Gasteiger partial charge < -0.3 is 10.2 Å². The Morgan fingerprint density at radius 2 is 2.00 bits per heavy atom. The highest BCUT2D eigenvalue weighted by molar-refractivity contribution is 7.22. The van der Waals surface area contributed by atoms with Gasteiger partial charge in [-0.1, -0.05) is 29.9 Å². The summed E-state index contributed by atoms with van der Waals surface area (Å²) in [5, 5.41) is 4.43. The van der Waals surface area contributed by atoms with E-state index in [2.05, 4.69) is 33.4 Å². The van der Waals surface area contributed by atoms with Crippen molar-refractivity contribution in [3.63, 3.8) is 0 Å². The van der Waals surface area contributed by atoms with Gasteiger partial charge in [-0.15, -0.1) is 0 Å². The van der Waals surface area contributed by atoms with Gasteiger partial charge in [-0.25, -0.2) is 9.98 Å². The minimum atomic E-state index is 0.855. The van der Waals surface area contributed by atoms with E-state index in [-0.39, 0.29) is 0 Å². The van der Waals surface area contributed by atoms with Crippen LogP contribution in [0.1, 0.15) is 19.3 Å². The molecule has 0 spiro atoms. The van der Waals surface area contributed by atoms with Crippen molar-refractivity contribution in [2.45, 2.75) is 19.3 Å². The maximum Gasteiger partial charge on any atom is 0.205 e. The fraction of sp³-hybridized carbons (Fsp3) is 0.389. The Morgan fingerprint density at radius 3 is 2.88 bits per heavy atom. The Hall–Kier alpha value is -1.92. The van der Waals surface area contributed by atoms with Crippen LogP contribution in [0.5, 0.6) is 0 Å². The minimum Gasteiger partial charge on any atom is -0.354 e. The lowest BCUT2D eigenvalue weighted by atomic mass is 10.1. The third-order valence-electron chi connectivity index (χ3n) is 4.39. The molecule has 125 valence electrons. The molecule has 0 amide bonds. The van der Waals surface area contributed by atoms with E-state index in [1.165, 1.54) is 37.1 Å². The standard InChI is InChI=1S/C18H22N5S/c1-4-11-22(12-5-1)14-10-20-17-19-9-6-13-23(17)18-21-15-7-2-3-8-16(15)24-18/h2-3,6-9,13H,1,4-5,10-12,14H2,(H,19,20). The zero-order chi connectivity index (χ0) is 16.2. The molecule has 0 atom stereocenters. The molecule has 2 aromatic rings. The zero-order valence-electron chi connectivity index (χ0n) is 13.7. The molecule has 1 saturated heterocycles. The van der Waals surface area contributed by atoms with E-state index in [1.54, 1.807) is 11.3 Å². The highest BCUT2D eigenvalue weighted by atomic mass is 32.1. The molecule has 0 unspecified atom stereocenters. The summed E-state index contributed by atoms with van der Waals surface area (Å²) in [5.74, 6) is 0.855. The Labute approximate surface area is 146 Å². The summed E-state index contributed by atoms with van der Waals surface area (Å²) in [7, 11) is 0. The van der Waals surface area contributed by atoms with Gasteiger partial charge in [-0.2, -0.15) is 0 Å². The number of thiazole rings is 1. The molecule has 1 radical (unpaired) electrons. The van der Waals surface area contributed by atoms with Crippen molar-refractivity contribution in [3.8, 4) is 0 Å². The highest BCUT2D eigenvalue weighted by Gasteiger charge is 2.19. The normalized spacial score (nSPS) is 18.8. The Bertz CT molecular complexity index is 712. The summed E-state index contributed by atoms with van der Waals surface area (Å²) >= 11 is 1.69. The number of nitrogens with zero attached hydrogens (tertiary/aromatic N) is 4. The zero-order valence-corrected chi connectivity index (χ0v) is 14.5. The monoisotopic (exact) mass is 340 g/mol. The third kappa shape index (κ3) is 3.44. The van der Waals surface area contributed by atoms with Gasteiger partial charge in [0.2, 0.25) is 5.96 Å². The Kier molecular flexibility index (Phi) is 4.76. The average Bonchev–Trinajstić information content (AvgIpc) is 3.07. The van der Waals surface area contributed by atoms with Crippen molar-refractivity contribution >= 4 is 32.6 Å². The number of piperidine rings is 1. The van der Waals surface area contributed by atoms with Crippen molar-refractivity contribution in [3.05, 3.63) is 43.1 Å². The molecule has 2 aliphatic heterocycles. The molecule has 4 rings (SSSR count). The number of aliphatic imine (C=N–C) groups is 1. The topological polar surface area (TPSA) is 43.8 Å². The van der Waals surface area contributed by atoms with Crippen LogP contribution in [0.3, 0.4) is 0 Å². The summed E-state index contributed by atoms with van der Waals surface area (Å²) in [6.45, 7) is 6.44. The van der Waals surface area contributed by atoms with Crippen LogP contribution in [0.15, 0.2) is 41.5 Å². The van der Waals surface area contributed by atoms with Crippen LogP contribution in [0.4, 0.5) is 5.13 Å². The molecule has 1 aromatic carbocycles. The van der Waals surface area contributed by atoms with Gasteiger partial charge in [-0.05, 0) is 44.1 Å². The van der Waals surface area contributed by atoms with E-state index in [0.29, 0.717) is 0 Å². The Balaban J connectivity index is 1.42. The van der Waals surface area contributed by atoms with E-state index in [0.717, 1.165) is 29.7 Å². The van der Waals surface area contributed by atoms with E-state index >= 15 is 0 Å². The molecule has 1 fully saturated rings. The maximum atomic E-state index is 4.73. The van der Waals surface area contributed by atoms with Crippen molar-refractivity contribution in [2.75, 3.05) is 31.1 Å². The van der Waals surface area contributed by atoms with Gasteiger partial charge in [0.15, 0.2) is 5.13 Å². The second kappa shape index (κ2) is 7.32. The van der Waals surface area contributed by atoms with Crippen LogP contribution in [0.25, 0.3) is 10.2 Å². The van der Waals surface area contributed by atoms with Crippen LogP contribution < -0.4 is 10.2 Å². The minimum absolute atomic E-state index is 0.855. The number of para-hydroxylation sites is 1. The number of hydrogen-bond acceptors (Lipinski definition) is 6. The number of fused-ring (bicyclic) bond motifs is 1. The van der Waals surface area contributed by atoms with Crippen LogP contribution in [-0.4, -0.2) is 42.0 Å². The predicted molar refractivity (Wildman–Crippen MR) is 101 cm³/mol.